The summed E-state index contributed by atoms with van der Waals surface area (Å²) in [5, 5.41) is 5.17. The zero-order valence-corrected chi connectivity index (χ0v) is 19.3. The number of carbonyl (C=O) groups excluding carboxylic acids is 2. The minimum absolute atomic E-state index is 0.0182. The number of aryl methyl sites for hydroxylation is 2. The number of anilines is 2. The Labute approximate surface area is 193 Å². The molecule has 0 saturated carbocycles. The van der Waals surface area contributed by atoms with Crippen LogP contribution in [0.2, 0.25) is 0 Å². The molecule has 3 N–H and O–H groups in total. The first-order chi connectivity index (χ1) is 15.7. The second kappa shape index (κ2) is 10.2. The third-order valence-corrected chi connectivity index (χ3v) is 6.04. The molecule has 33 heavy (non-hydrogen) atoms. The molecule has 0 aliphatic rings. The first kappa shape index (κ1) is 23.8. The predicted molar refractivity (Wildman–Crippen MR) is 127 cm³/mol. The standard InChI is InChI=1S/C24H25N3O5S/c1-16-11-17(2)13-18(12-16)24(29)25-15-23(28)26-20-5-4-6-22(14-20)33(30,31)27-19-7-9-21(32-3)10-8-19/h4-14,27H,15H2,1-3H3,(H,25,29)(H,26,28). The lowest BCUT2D eigenvalue weighted by Gasteiger charge is -2.11. The maximum absolute atomic E-state index is 12.7. The molecule has 0 saturated heterocycles. The average Bonchev–Trinajstić information content (AvgIpc) is 2.77. The normalized spacial score (nSPS) is 10.9. The number of hydrogen-bond acceptors (Lipinski definition) is 5. The summed E-state index contributed by atoms with van der Waals surface area (Å²) in [6.07, 6.45) is 0. The predicted octanol–water partition coefficient (Wildman–Crippen LogP) is 3.48. The van der Waals surface area contributed by atoms with E-state index in [2.05, 4.69) is 15.4 Å². The average molecular weight is 468 g/mol. The molecule has 0 aliphatic heterocycles. The van der Waals surface area contributed by atoms with Gasteiger partial charge in [0.05, 0.1) is 18.6 Å². The van der Waals surface area contributed by atoms with Gasteiger partial charge in [-0.1, -0.05) is 23.3 Å². The van der Waals surface area contributed by atoms with Gasteiger partial charge in [0, 0.05) is 16.9 Å². The molecule has 3 aromatic rings. The zero-order chi connectivity index (χ0) is 24.0. The van der Waals surface area contributed by atoms with Gasteiger partial charge in [0.25, 0.3) is 15.9 Å². The second-order valence-corrected chi connectivity index (χ2v) is 9.15. The van der Waals surface area contributed by atoms with Gasteiger partial charge in [0.15, 0.2) is 0 Å². The van der Waals surface area contributed by atoms with Crippen molar-refractivity contribution in [3.05, 3.63) is 83.4 Å². The van der Waals surface area contributed by atoms with Crippen LogP contribution in [0.5, 0.6) is 5.75 Å². The molecule has 2 amide bonds. The lowest BCUT2D eigenvalue weighted by molar-refractivity contribution is -0.115. The molecule has 0 heterocycles. The number of methoxy groups -OCH3 is 1. The van der Waals surface area contributed by atoms with Crippen molar-refractivity contribution in [1.82, 2.24) is 5.32 Å². The van der Waals surface area contributed by atoms with Gasteiger partial charge in [-0.15, -0.1) is 0 Å². The lowest BCUT2D eigenvalue weighted by Crippen LogP contribution is -2.33. The van der Waals surface area contributed by atoms with Crippen molar-refractivity contribution in [1.29, 1.82) is 0 Å². The van der Waals surface area contributed by atoms with Crippen LogP contribution in [-0.2, 0) is 14.8 Å². The molecule has 172 valence electrons. The Kier molecular flexibility index (Phi) is 7.34. The van der Waals surface area contributed by atoms with Crippen LogP contribution in [0.25, 0.3) is 0 Å². The van der Waals surface area contributed by atoms with Crippen molar-refractivity contribution >= 4 is 33.2 Å². The topological polar surface area (TPSA) is 114 Å². The second-order valence-electron chi connectivity index (χ2n) is 7.47. The van der Waals surface area contributed by atoms with E-state index >= 15 is 0 Å². The van der Waals surface area contributed by atoms with E-state index in [-0.39, 0.29) is 17.3 Å². The smallest absolute Gasteiger partial charge is 0.261 e. The van der Waals surface area contributed by atoms with E-state index in [0.29, 0.717) is 22.7 Å². The van der Waals surface area contributed by atoms with Crippen molar-refractivity contribution in [3.8, 4) is 5.75 Å². The fourth-order valence-electron chi connectivity index (χ4n) is 3.19. The fourth-order valence-corrected chi connectivity index (χ4v) is 4.29. The van der Waals surface area contributed by atoms with Crippen LogP contribution in [0.15, 0.2) is 71.6 Å². The van der Waals surface area contributed by atoms with Crippen molar-refractivity contribution in [2.45, 2.75) is 18.7 Å². The summed E-state index contributed by atoms with van der Waals surface area (Å²) in [6.45, 7) is 3.52. The van der Waals surface area contributed by atoms with Crippen molar-refractivity contribution in [2.24, 2.45) is 0 Å². The van der Waals surface area contributed by atoms with Gasteiger partial charge in [0.2, 0.25) is 5.91 Å². The van der Waals surface area contributed by atoms with Crippen LogP contribution in [0.3, 0.4) is 0 Å². The maximum atomic E-state index is 12.7. The van der Waals surface area contributed by atoms with Gasteiger partial charge in [-0.05, 0) is 68.4 Å². The van der Waals surface area contributed by atoms with E-state index in [4.69, 9.17) is 4.74 Å². The maximum Gasteiger partial charge on any atom is 0.261 e. The molecule has 0 aliphatic carbocycles. The Morgan fingerprint density at radius 2 is 1.55 bits per heavy atom. The van der Waals surface area contributed by atoms with Crippen LogP contribution in [0, 0.1) is 13.8 Å². The molecule has 0 radical (unpaired) electrons. The molecule has 0 aromatic heterocycles. The molecular weight excluding hydrogens is 442 g/mol. The summed E-state index contributed by atoms with van der Waals surface area (Å²) >= 11 is 0. The van der Waals surface area contributed by atoms with Gasteiger partial charge < -0.3 is 15.4 Å². The fraction of sp³-hybridized carbons (Fsp3) is 0.167. The van der Waals surface area contributed by atoms with Crippen LogP contribution in [-0.4, -0.2) is 33.9 Å². The third-order valence-electron chi connectivity index (χ3n) is 4.66. The molecule has 9 heteroatoms. The van der Waals surface area contributed by atoms with Crippen molar-refractivity contribution < 1.29 is 22.7 Å². The van der Waals surface area contributed by atoms with E-state index in [9.17, 15) is 18.0 Å². The largest absolute Gasteiger partial charge is 0.497 e. The molecule has 0 fully saturated rings. The Balaban J connectivity index is 1.62. The summed E-state index contributed by atoms with van der Waals surface area (Å²) in [4.78, 5) is 24.6. The molecule has 3 rings (SSSR count). The molecule has 0 bridgehead atoms. The molecule has 0 unspecified atom stereocenters. The highest BCUT2D eigenvalue weighted by atomic mass is 32.2. The van der Waals surface area contributed by atoms with Gasteiger partial charge in [-0.3, -0.25) is 14.3 Å². The number of sulfonamides is 1. The molecular formula is C24H25N3O5S. The first-order valence-corrected chi connectivity index (χ1v) is 11.6. The SMILES string of the molecule is COc1ccc(NS(=O)(=O)c2cccc(NC(=O)CNC(=O)c3cc(C)cc(C)c3)c2)cc1. The van der Waals surface area contributed by atoms with Crippen LogP contribution in [0.4, 0.5) is 11.4 Å². The Morgan fingerprint density at radius 3 is 2.18 bits per heavy atom. The van der Waals surface area contributed by atoms with Gasteiger partial charge in [-0.2, -0.15) is 0 Å². The van der Waals surface area contributed by atoms with Gasteiger partial charge in [-0.25, -0.2) is 8.42 Å². The summed E-state index contributed by atoms with van der Waals surface area (Å²) in [6, 6.07) is 17.7. The van der Waals surface area contributed by atoms with Crippen molar-refractivity contribution in [2.75, 3.05) is 23.7 Å². The minimum Gasteiger partial charge on any atom is -0.497 e. The highest BCUT2D eigenvalue weighted by Gasteiger charge is 2.16. The van der Waals surface area contributed by atoms with Crippen molar-refractivity contribution in [3.63, 3.8) is 0 Å². The Morgan fingerprint density at radius 1 is 0.879 bits per heavy atom. The van der Waals surface area contributed by atoms with E-state index in [1.54, 1.807) is 42.5 Å². The number of nitrogens with one attached hydrogen (secondary N) is 3. The molecule has 3 aromatic carbocycles. The van der Waals surface area contributed by atoms with E-state index in [1.165, 1.54) is 25.3 Å². The molecule has 0 atom stereocenters. The summed E-state index contributed by atoms with van der Waals surface area (Å²) in [7, 11) is -2.35. The van der Waals surface area contributed by atoms with Crippen LogP contribution < -0.4 is 20.1 Å². The summed E-state index contributed by atoms with van der Waals surface area (Å²) in [5.74, 6) is -0.241. The number of benzene rings is 3. The lowest BCUT2D eigenvalue weighted by atomic mass is 10.1. The van der Waals surface area contributed by atoms with E-state index < -0.39 is 15.9 Å². The summed E-state index contributed by atoms with van der Waals surface area (Å²) in [5.41, 5.74) is 3.03. The first-order valence-electron chi connectivity index (χ1n) is 10.1. The number of rotatable bonds is 8. The third kappa shape index (κ3) is 6.56. The molecule has 8 nitrogen and oxygen atoms in total. The van der Waals surface area contributed by atoms with E-state index in [1.807, 2.05) is 19.9 Å². The Hall–Kier alpha value is -3.85. The van der Waals surface area contributed by atoms with Crippen LogP contribution >= 0.6 is 0 Å². The quantitative estimate of drug-likeness (QED) is 0.469. The molecule has 0 spiro atoms. The highest BCUT2D eigenvalue weighted by Crippen LogP contribution is 2.21. The highest BCUT2D eigenvalue weighted by molar-refractivity contribution is 7.92. The Bertz CT molecular complexity index is 1250. The number of carbonyl (C=O) groups is 2. The zero-order valence-electron chi connectivity index (χ0n) is 18.5. The van der Waals surface area contributed by atoms with Crippen LogP contribution in [0.1, 0.15) is 21.5 Å². The number of ether oxygens (including phenoxy) is 1. The summed E-state index contributed by atoms with van der Waals surface area (Å²) < 4.78 is 33.0. The number of hydrogen-bond donors (Lipinski definition) is 3. The van der Waals surface area contributed by atoms with E-state index in [0.717, 1.165) is 11.1 Å². The van der Waals surface area contributed by atoms with Gasteiger partial charge in [0.1, 0.15) is 5.75 Å². The minimum atomic E-state index is -3.87. The van der Waals surface area contributed by atoms with Gasteiger partial charge >= 0.3 is 0 Å². The monoisotopic (exact) mass is 467 g/mol. The number of amides is 2.